The minimum Gasteiger partial charge on any atom is -0.503 e. The molecule has 0 saturated carbocycles. The van der Waals surface area contributed by atoms with E-state index >= 15 is 0 Å². The van der Waals surface area contributed by atoms with Gasteiger partial charge in [-0.15, -0.1) is 0 Å². The molecule has 7 nitrogen and oxygen atoms in total. The van der Waals surface area contributed by atoms with Gasteiger partial charge >= 0.3 is 5.97 Å². The molecule has 1 heterocycles. The molecule has 0 radical (unpaired) electrons. The van der Waals surface area contributed by atoms with E-state index in [4.69, 9.17) is 4.74 Å². The van der Waals surface area contributed by atoms with Gasteiger partial charge in [0, 0.05) is 4.47 Å². The maximum Gasteiger partial charge on any atom is 0.335 e. The Morgan fingerprint density at radius 3 is 2.66 bits per heavy atom. The van der Waals surface area contributed by atoms with Crippen LogP contribution in [0.4, 0.5) is 5.69 Å². The Bertz CT molecular complexity index is 1080. The molecule has 2 N–H and O–H groups in total. The molecule has 0 aromatic heterocycles. The highest BCUT2D eigenvalue weighted by Crippen LogP contribution is 2.43. The summed E-state index contributed by atoms with van der Waals surface area (Å²) < 4.78 is 6.40. The minimum atomic E-state index is -1.09. The molecule has 1 aliphatic rings. The number of hydrazone groups is 1. The number of aromatic carboxylic acids is 1. The van der Waals surface area contributed by atoms with E-state index in [1.807, 2.05) is 0 Å². The van der Waals surface area contributed by atoms with E-state index in [0.717, 1.165) is 0 Å². The van der Waals surface area contributed by atoms with Gasteiger partial charge in [-0.2, -0.15) is 10.1 Å². The molecule has 0 unspecified atom stereocenters. The van der Waals surface area contributed by atoms with Crippen molar-refractivity contribution >= 4 is 61.2 Å². The predicted octanol–water partition coefficient (Wildman–Crippen LogP) is 4.82. The average Bonchev–Trinajstić information content (AvgIpc) is 2.98. The van der Waals surface area contributed by atoms with Crippen LogP contribution in [0.15, 0.2) is 50.0 Å². The lowest BCUT2D eigenvalue weighted by molar-refractivity contribution is -0.114. The first kappa shape index (κ1) is 21.1. The predicted molar refractivity (Wildman–Crippen MR) is 117 cm³/mol. The minimum absolute atomic E-state index is 0.0453. The number of hydrogen-bond donors (Lipinski definition) is 2. The number of rotatable bonds is 5. The van der Waals surface area contributed by atoms with Crippen LogP contribution >= 0.6 is 31.9 Å². The smallest absolute Gasteiger partial charge is 0.335 e. The lowest BCUT2D eigenvalue weighted by Gasteiger charge is -2.13. The number of phenols is 1. The Balaban J connectivity index is 2.03. The largest absolute Gasteiger partial charge is 0.503 e. The second-order valence-corrected chi connectivity index (χ2v) is 7.68. The van der Waals surface area contributed by atoms with Crippen LogP contribution in [-0.4, -0.2) is 34.4 Å². The van der Waals surface area contributed by atoms with Crippen molar-refractivity contribution in [2.45, 2.75) is 13.8 Å². The number of nitrogens with zero attached hydrogens (tertiary/aromatic N) is 2. The van der Waals surface area contributed by atoms with Gasteiger partial charge in [-0.25, -0.2) is 4.79 Å². The lowest BCUT2D eigenvalue weighted by Crippen LogP contribution is -2.21. The Labute approximate surface area is 183 Å². The van der Waals surface area contributed by atoms with E-state index in [2.05, 4.69) is 37.0 Å². The van der Waals surface area contributed by atoms with Crippen LogP contribution < -0.4 is 9.75 Å². The number of carboxylic acids is 1. The van der Waals surface area contributed by atoms with Crippen molar-refractivity contribution in [1.29, 1.82) is 0 Å². The monoisotopic (exact) mass is 522 g/mol. The first-order chi connectivity index (χ1) is 13.7. The lowest BCUT2D eigenvalue weighted by atomic mass is 10.1. The summed E-state index contributed by atoms with van der Waals surface area (Å²) in [5.41, 5.74) is 1.85. The van der Waals surface area contributed by atoms with Crippen LogP contribution in [-0.2, 0) is 4.79 Å². The second kappa shape index (κ2) is 8.38. The van der Waals surface area contributed by atoms with Crippen LogP contribution in [0.5, 0.6) is 11.5 Å². The van der Waals surface area contributed by atoms with Crippen LogP contribution in [0, 0.1) is 0 Å². The van der Waals surface area contributed by atoms with Gasteiger partial charge in [0.2, 0.25) is 0 Å². The number of ether oxygens (including phenoxy) is 1. The van der Waals surface area contributed by atoms with E-state index in [0.29, 0.717) is 38.1 Å². The Kier molecular flexibility index (Phi) is 6.09. The summed E-state index contributed by atoms with van der Waals surface area (Å²) in [6, 6.07) is 7.63. The third-order valence-electron chi connectivity index (χ3n) is 4.17. The molecular formula is C20H16Br2N2O5. The number of aromatic hydroxyl groups is 1. The van der Waals surface area contributed by atoms with Crippen molar-refractivity contribution < 1.29 is 24.5 Å². The third kappa shape index (κ3) is 4.06. The molecule has 0 fully saturated rings. The van der Waals surface area contributed by atoms with Crippen molar-refractivity contribution in [2.24, 2.45) is 5.10 Å². The molecule has 0 bridgehead atoms. The van der Waals surface area contributed by atoms with Gasteiger partial charge in [0.25, 0.3) is 5.91 Å². The van der Waals surface area contributed by atoms with Gasteiger partial charge in [0.15, 0.2) is 11.5 Å². The molecule has 0 saturated heterocycles. The number of amides is 1. The molecule has 29 heavy (non-hydrogen) atoms. The van der Waals surface area contributed by atoms with Gasteiger partial charge in [0.1, 0.15) is 0 Å². The molecule has 150 valence electrons. The molecule has 3 rings (SSSR count). The number of carbonyl (C=O) groups is 2. The van der Waals surface area contributed by atoms with Crippen molar-refractivity contribution in [2.75, 3.05) is 11.6 Å². The number of hydrogen-bond acceptors (Lipinski definition) is 5. The summed E-state index contributed by atoms with van der Waals surface area (Å²) in [6.07, 6.45) is 1.64. The summed E-state index contributed by atoms with van der Waals surface area (Å²) in [6.45, 7) is 3.86. The summed E-state index contributed by atoms with van der Waals surface area (Å²) in [5.74, 6) is -1.24. The fourth-order valence-corrected chi connectivity index (χ4v) is 3.61. The number of carboxylic acid groups (broad SMARTS) is 1. The van der Waals surface area contributed by atoms with E-state index in [1.54, 1.807) is 38.1 Å². The van der Waals surface area contributed by atoms with E-state index in [9.17, 15) is 19.8 Å². The highest BCUT2D eigenvalue weighted by atomic mass is 79.9. The number of phenolic OH excluding ortho intramolecular Hbond substituents is 1. The van der Waals surface area contributed by atoms with Crippen LogP contribution in [0.1, 0.15) is 29.8 Å². The van der Waals surface area contributed by atoms with Crippen LogP contribution in [0.2, 0.25) is 0 Å². The highest BCUT2D eigenvalue weighted by molar-refractivity contribution is 9.13. The zero-order valence-corrected chi connectivity index (χ0v) is 18.6. The normalized spacial score (nSPS) is 15.0. The fourth-order valence-electron chi connectivity index (χ4n) is 2.77. The fraction of sp³-hybridized carbons (Fsp3) is 0.150. The first-order valence-electron chi connectivity index (χ1n) is 8.53. The molecule has 9 heteroatoms. The number of carbonyl (C=O) groups excluding carboxylic acids is 1. The molecule has 1 amide bonds. The standard InChI is InChI=1S/C20H16Br2N2O5/c1-3-29-15-9-12(16(21)17(22)18(15)25)8-14-10(2)23-24(19(14)26)13-6-4-5-11(7-13)20(27)28/h4-9,25H,3H2,1-2H3,(H,27,28). The molecule has 0 atom stereocenters. The van der Waals surface area contributed by atoms with Crippen molar-refractivity contribution in [3.05, 3.63) is 56.0 Å². The van der Waals surface area contributed by atoms with Gasteiger partial charge in [-0.05, 0) is 81.6 Å². The van der Waals surface area contributed by atoms with Crippen LogP contribution in [0.3, 0.4) is 0 Å². The highest BCUT2D eigenvalue weighted by Gasteiger charge is 2.29. The summed E-state index contributed by atoms with van der Waals surface area (Å²) in [4.78, 5) is 24.2. The Morgan fingerprint density at radius 1 is 1.28 bits per heavy atom. The number of halogens is 2. The molecule has 2 aromatic carbocycles. The maximum absolute atomic E-state index is 13.0. The molecule has 0 aliphatic carbocycles. The SMILES string of the molecule is CCOc1cc(C=C2C(=O)N(c3cccc(C(=O)O)c3)N=C2C)c(Br)c(Br)c1O. The van der Waals surface area contributed by atoms with Crippen molar-refractivity contribution in [1.82, 2.24) is 0 Å². The second-order valence-electron chi connectivity index (χ2n) is 6.09. The summed E-state index contributed by atoms with van der Waals surface area (Å²) in [7, 11) is 0. The zero-order chi connectivity index (χ0) is 21.3. The van der Waals surface area contributed by atoms with Gasteiger partial charge < -0.3 is 14.9 Å². The molecule has 2 aromatic rings. The maximum atomic E-state index is 13.0. The third-order valence-corrected chi connectivity index (χ3v) is 6.33. The summed E-state index contributed by atoms with van der Waals surface area (Å²) in [5, 5.41) is 24.8. The van der Waals surface area contributed by atoms with E-state index in [-0.39, 0.29) is 23.0 Å². The quantitative estimate of drug-likeness (QED) is 0.547. The summed E-state index contributed by atoms with van der Waals surface area (Å²) >= 11 is 6.73. The first-order valence-corrected chi connectivity index (χ1v) is 10.1. The zero-order valence-electron chi connectivity index (χ0n) is 15.4. The number of anilines is 1. The van der Waals surface area contributed by atoms with E-state index < -0.39 is 5.97 Å². The van der Waals surface area contributed by atoms with Crippen molar-refractivity contribution in [3.8, 4) is 11.5 Å². The van der Waals surface area contributed by atoms with E-state index in [1.165, 1.54) is 17.1 Å². The topological polar surface area (TPSA) is 99.4 Å². The molecule has 1 aliphatic heterocycles. The van der Waals surface area contributed by atoms with Gasteiger partial charge in [-0.1, -0.05) is 6.07 Å². The Morgan fingerprint density at radius 2 is 2.00 bits per heavy atom. The van der Waals surface area contributed by atoms with Gasteiger partial charge in [0.05, 0.1) is 33.6 Å². The number of benzene rings is 2. The van der Waals surface area contributed by atoms with Gasteiger partial charge in [-0.3, -0.25) is 4.79 Å². The molecular weight excluding hydrogens is 508 g/mol. The van der Waals surface area contributed by atoms with Crippen molar-refractivity contribution in [3.63, 3.8) is 0 Å². The molecule has 0 spiro atoms. The Hall–Kier alpha value is -2.65. The van der Waals surface area contributed by atoms with Crippen LogP contribution in [0.25, 0.3) is 6.08 Å². The average molecular weight is 524 g/mol.